The summed E-state index contributed by atoms with van der Waals surface area (Å²) in [6.45, 7) is 0. The average molecular weight is 602 g/mol. The zero-order valence-corrected chi connectivity index (χ0v) is 25.3. The normalized spacial score (nSPS) is 11.4. The first-order valence-electron chi connectivity index (χ1n) is 15.7. The number of furan rings is 1. The number of hydrogen-bond acceptors (Lipinski definition) is 4. The minimum Gasteiger partial charge on any atom is -0.455 e. The summed E-state index contributed by atoms with van der Waals surface area (Å²) < 4.78 is 6.57. The van der Waals surface area contributed by atoms with Crippen LogP contribution in [0.3, 0.4) is 0 Å². The van der Waals surface area contributed by atoms with E-state index in [2.05, 4.69) is 119 Å². The summed E-state index contributed by atoms with van der Waals surface area (Å²) in [4.78, 5) is 14.1. The van der Waals surface area contributed by atoms with Crippen molar-refractivity contribution in [3.63, 3.8) is 0 Å². The molecule has 0 saturated carbocycles. The molecule has 0 atom stereocenters. The van der Waals surface area contributed by atoms with Crippen LogP contribution in [0.2, 0.25) is 0 Å². The molecule has 0 saturated heterocycles. The molecule has 4 nitrogen and oxygen atoms in total. The van der Waals surface area contributed by atoms with Gasteiger partial charge in [-0.3, -0.25) is 9.97 Å². The highest BCUT2D eigenvalue weighted by molar-refractivity contribution is 6.19. The number of fused-ring (bicyclic) bond motifs is 5. The number of nitrogens with zero attached hydrogens (tertiary/aromatic N) is 3. The summed E-state index contributed by atoms with van der Waals surface area (Å²) in [6, 6.07) is 52.5. The van der Waals surface area contributed by atoms with Gasteiger partial charge in [-0.15, -0.1) is 0 Å². The van der Waals surface area contributed by atoms with Crippen LogP contribution < -0.4 is 0 Å². The Bertz CT molecular complexity index is 2480. The van der Waals surface area contributed by atoms with E-state index < -0.39 is 0 Å². The zero-order valence-electron chi connectivity index (χ0n) is 25.3. The lowest BCUT2D eigenvalue weighted by molar-refractivity contribution is 0.673. The lowest BCUT2D eigenvalue weighted by atomic mass is 9.93. The molecule has 220 valence electrons. The molecule has 9 aromatic rings. The largest absolute Gasteiger partial charge is 0.455 e. The maximum atomic E-state index is 6.57. The number of benzene rings is 5. The van der Waals surface area contributed by atoms with E-state index in [1.165, 1.54) is 11.1 Å². The number of rotatable bonds is 5. The van der Waals surface area contributed by atoms with Crippen LogP contribution in [0.4, 0.5) is 0 Å². The van der Waals surface area contributed by atoms with E-state index in [1.54, 1.807) is 12.4 Å². The van der Waals surface area contributed by atoms with E-state index in [0.29, 0.717) is 0 Å². The Morgan fingerprint density at radius 3 is 1.64 bits per heavy atom. The average Bonchev–Trinajstić information content (AvgIpc) is 3.53. The predicted molar refractivity (Wildman–Crippen MR) is 192 cm³/mol. The van der Waals surface area contributed by atoms with Crippen molar-refractivity contribution in [3.8, 4) is 56.2 Å². The summed E-state index contributed by atoms with van der Waals surface area (Å²) in [7, 11) is 0. The monoisotopic (exact) mass is 601 g/mol. The molecule has 0 aliphatic carbocycles. The van der Waals surface area contributed by atoms with Gasteiger partial charge in [-0.1, -0.05) is 97.1 Å². The summed E-state index contributed by atoms with van der Waals surface area (Å²) in [5, 5.41) is 4.50. The Morgan fingerprint density at radius 1 is 0.362 bits per heavy atom. The van der Waals surface area contributed by atoms with Gasteiger partial charge in [-0.25, -0.2) is 4.98 Å². The van der Waals surface area contributed by atoms with E-state index in [9.17, 15) is 0 Å². The third-order valence-electron chi connectivity index (χ3n) is 8.80. The van der Waals surface area contributed by atoms with Crippen LogP contribution in [-0.2, 0) is 0 Å². The van der Waals surface area contributed by atoms with Crippen molar-refractivity contribution < 1.29 is 4.42 Å². The second-order valence-electron chi connectivity index (χ2n) is 11.7. The first kappa shape index (κ1) is 27.0. The number of pyridine rings is 3. The van der Waals surface area contributed by atoms with Gasteiger partial charge in [0.2, 0.25) is 0 Å². The molecule has 9 rings (SSSR count). The summed E-state index contributed by atoms with van der Waals surface area (Å²) in [5.74, 6) is 0. The first-order chi connectivity index (χ1) is 23.3. The molecule has 0 spiro atoms. The topological polar surface area (TPSA) is 51.8 Å². The fraction of sp³-hybridized carbons (Fsp3) is 0. The quantitative estimate of drug-likeness (QED) is 0.197. The van der Waals surface area contributed by atoms with Gasteiger partial charge in [0.1, 0.15) is 11.2 Å². The molecular weight excluding hydrogens is 574 g/mol. The van der Waals surface area contributed by atoms with Crippen molar-refractivity contribution in [1.29, 1.82) is 0 Å². The van der Waals surface area contributed by atoms with Crippen LogP contribution in [0.15, 0.2) is 168 Å². The van der Waals surface area contributed by atoms with Crippen molar-refractivity contribution in [1.82, 2.24) is 15.0 Å². The number of aromatic nitrogens is 3. The zero-order chi connectivity index (χ0) is 31.2. The molecule has 47 heavy (non-hydrogen) atoms. The molecular formula is C43H27N3O. The SMILES string of the molecule is c1ccc(-c2ccc3c(c2)oc2c4ccccc4c(-c4ccc(-c5cc(-c6ccccn6)nc(-c6ccccn6)c5)cc4)cc32)cc1. The van der Waals surface area contributed by atoms with Gasteiger partial charge < -0.3 is 4.42 Å². The van der Waals surface area contributed by atoms with E-state index in [-0.39, 0.29) is 0 Å². The first-order valence-corrected chi connectivity index (χ1v) is 15.7. The van der Waals surface area contributed by atoms with Crippen LogP contribution in [-0.4, -0.2) is 15.0 Å². The third-order valence-corrected chi connectivity index (χ3v) is 8.80. The standard InChI is InChI=1S/C43H27N3O/c1-2-10-28(11-3-1)31-20-21-34-37-27-36(33-12-4-5-13-35(33)43(37)47-42(34)26-31)30-18-16-29(17-19-30)32-24-40(38-14-6-8-22-44-38)46-41(25-32)39-15-7-9-23-45-39/h1-27H. The third kappa shape index (κ3) is 4.84. The van der Waals surface area contributed by atoms with Crippen molar-refractivity contribution in [2.24, 2.45) is 0 Å². The summed E-state index contributed by atoms with van der Waals surface area (Å²) >= 11 is 0. The van der Waals surface area contributed by atoms with Crippen molar-refractivity contribution in [2.75, 3.05) is 0 Å². The maximum Gasteiger partial charge on any atom is 0.143 e. The molecule has 4 aromatic heterocycles. The van der Waals surface area contributed by atoms with Crippen molar-refractivity contribution in [3.05, 3.63) is 164 Å². The van der Waals surface area contributed by atoms with Gasteiger partial charge in [0.05, 0.1) is 22.8 Å². The minimum atomic E-state index is 0.812. The maximum absolute atomic E-state index is 6.57. The van der Waals surface area contributed by atoms with Crippen molar-refractivity contribution >= 4 is 32.7 Å². The smallest absolute Gasteiger partial charge is 0.143 e. The fourth-order valence-corrected chi connectivity index (χ4v) is 6.48. The predicted octanol–water partition coefficient (Wildman–Crippen LogP) is 11.3. The summed E-state index contributed by atoms with van der Waals surface area (Å²) in [6.07, 6.45) is 3.59. The van der Waals surface area contributed by atoms with Crippen molar-refractivity contribution in [2.45, 2.75) is 0 Å². The second kappa shape index (κ2) is 11.2. The van der Waals surface area contributed by atoms with Gasteiger partial charge in [-0.05, 0) is 93.4 Å². The second-order valence-corrected chi connectivity index (χ2v) is 11.7. The van der Waals surface area contributed by atoms with Gasteiger partial charge >= 0.3 is 0 Å². The lowest BCUT2D eigenvalue weighted by Crippen LogP contribution is -1.94. The molecule has 5 aromatic carbocycles. The van der Waals surface area contributed by atoms with Gasteiger partial charge in [0.25, 0.3) is 0 Å². The Labute approximate surface area is 271 Å². The molecule has 0 radical (unpaired) electrons. The van der Waals surface area contributed by atoms with Crippen LogP contribution in [0, 0.1) is 0 Å². The fourth-order valence-electron chi connectivity index (χ4n) is 6.48. The minimum absolute atomic E-state index is 0.812. The summed E-state index contributed by atoms with van der Waals surface area (Å²) in [5.41, 5.74) is 11.9. The Morgan fingerprint density at radius 2 is 0.957 bits per heavy atom. The van der Waals surface area contributed by atoms with Gasteiger partial charge in [0.15, 0.2) is 0 Å². The molecule has 0 aliphatic rings. The highest BCUT2D eigenvalue weighted by Crippen LogP contribution is 2.41. The van der Waals surface area contributed by atoms with Crippen LogP contribution in [0.25, 0.3) is 88.9 Å². The highest BCUT2D eigenvalue weighted by atomic mass is 16.3. The molecule has 0 unspecified atom stereocenters. The van der Waals surface area contributed by atoms with Gasteiger partial charge in [0, 0.05) is 28.6 Å². The molecule has 0 bridgehead atoms. The Kier molecular flexibility index (Phi) is 6.43. The van der Waals surface area contributed by atoms with E-state index in [1.807, 2.05) is 42.5 Å². The number of hydrogen-bond donors (Lipinski definition) is 0. The van der Waals surface area contributed by atoms with Crippen LogP contribution in [0.5, 0.6) is 0 Å². The molecule has 0 fully saturated rings. The Balaban J connectivity index is 1.16. The molecule has 0 amide bonds. The lowest BCUT2D eigenvalue weighted by Gasteiger charge is -2.11. The van der Waals surface area contributed by atoms with Crippen LogP contribution in [0.1, 0.15) is 0 Å². The molecule has 4 heteroatoms. The van der Waals surface area contributed by atoms with E-state index in [4.69, 9.17) is 9.40 Å². The van der Waals surface area contributed by atoms with E-state index in [0.717, 1.165) is 77.7 Å². The molecule has 4 heterocycles. The molecule has 0 N–H and O–H groups in total. The highest BCUT2D eigenvalue weighted by Gasteiger charge is 2.16. The van der Waals surface area contributed by atoms with E-state index >= 15 is 0 Å². The van der Waals surface area contributed by atoms with Gasteiger partial charge in [-0.2, -0.15) is 0 Å². The Hall–Kier alpha value is -6.39. The van der Waals surface area contributed by atoms with Crippen LogP contribution >= 0.6 is 0 Å². The molecule has 0 aliphatic heterocycles.